The predicted octanol–water partition coefficient (Wildman–Crippen LogP) is 4.73. The van der Waals surface area contributed by atoms with Crippen molar-refractivity contribution < 1.29 is 4.39 Å². The fourth-order valence-corrected chi connectivity index (χ4v) is 2.32. The highest BCUT2D eigenvalue weighted by Gasteiger charge is 2.06. The SMILES string of the molecule is N#Cc1ccc(NCc2cccc(F)c2Cl)c(Br)c1. The topological polar surface area (TPSA) is 35.8 Å². The van der Waals surface area contributed by atoms with Crippen LogP contribution in [0.15, 0.2) is 40.9 Å². The summed E-state index contributed by atoms with van der Waals surface area (Å²) in [6.45, 7) is 0.404. The van der Waals surface area contributed by atoms with E-state index in [0.717, 1.165) is 10.2 Å². The lowest BCUT2D eigenvalue weighted by atomic mass is 10.2. The maximum atomic E-state index is 13.3. The molecule has 2 rings (SSSR count). The van der Waals surface area contributed by atoms with Crippen LogP contribution in [0.5, 0.6) is 0 Å². The van der Waals surface area contributed by atoms with E-state index in [1.807, 2.05) is 0 Å². The minimum Gasteiger partial charge on any atom is -0.380 e. The Labute approximate surface area is 123 Å². The second-order valence-corrected chi connectivity index (χ2v) is 5.11. The van der Waals surface area contributed by atoms with Gasteiger partial charge in [-0.2, -0.15) is 5.26 Å². The van der Waals surface area contributed by atoms with Gasteiger partial charge in [0, 0.05) is 16.7 Å². The Morgan fingerprint density at radius 3 is 2.79 bits per heavy atom. The molecule has 5 heteroatoms. The van der Waals surface area contributed by atoms with Crippen LogP contribution in [-0.4, -0.2) is 0 Å². The summed E-state index contributed by atoms with van der Waals surface area (Å²) in [5.74, 6) is -0.431. The fraction of sp³-hybridized carbons (Fsp3) is 0.0714. The largest absolute Gasteiger partial charge is 0.380 e. The maximum Gasteiger partial charge on any atom is 0.142 e. The molecule has 96 valence electrons. The summed E-state index contributed by atoms with van der Waals surface area (Å²) in [5, 5.41) is 12.0. The van der Waals surface area contributed by atoms with Crippen LogP contribution in [0, 0.1) is 17.1 Å². The minimum atomic E-state index is -0.431. The molecule has 1 N–H and O–H groups in total. The lowest BCUT2D eigenvalue weighted by Crippen LogP contribution is -2.01. The molecule has 0 aliphatic heterocycles. The molecule has 0 unspecified atom stereocenters. The van der Waals surface area contributed by atoms with E-state index >= 15 is 0 Å². The first kappa shape index (κ1) is 13.9. The number of hydrogen-bond donors (Lipinski definition) is 1. The summed E-state index contributed by atoms with van der Waals surface area (Å²) in [7, 11) is 0. The zero-order valence-electron chi connectivity index (χ0n) is 9.75. The normalized spacial score (nSPS) is 10.0. The van der Waals surface area contributed by atoms with Gasteiger partial charge in [-0.05, 0) is 45.8 Å². The van der Waals surface area contributed by atoms with Gasteiger partial charge in [0.25, 0.3) is 0 Å². The highest BCUT2D eigenvalue weighted by molar-refractivity contribution is 9.10. The van der Waals surface area contributed by atoms with Gasteiger partial charge in [-0.15, -0.1) is 0 Å². The molecule has 0 aliphatic rings. The molecule has 2 nitrogen and oxygen atoms in total. The van der Waals surface area contributed by atoms with Gasteiger partial charge in [0.1, 0.15) is 5.82 Å². The zero-order chi connectivity index (χ0) is 13.8. The van der Waals surface area contributed by atoms with Crippen LogP contribution >= 0.6 is 27.5 Å². The highest BCUT2D eigenvalue weighted by Crippen LogP contribution is 2.25. The van der Waals surface area contributed by atoms with Crippen molar-refractivity contribution in [2.45, 2.75) is 6.54 Å². The van der Waals surface area contributed by atoms with Crippen LogP contribution in [0.3, 0.4) is 0 Å². The van der Waals surface area contributed by atoms with Gasteiger partial charge in [0.05, 0.1) is 16.7 Å². The maximum absolute atomic E-state index is 13.3. The van der Waals surface area contributed by atoms with Gasteiger partial charge in [-0.25, -0.2) is 4.39 Å². The quantitative estimate of drug-likeness (QED) is 0.878. The van der Waals surface area contributed by atoms with Gasteiger partial charge in [0.15, 0.2) is 0 Å². The Balaban J connectivity index is 2.15. The lowest BCUT2D eigenvalue weighted by Gasteiger charge is -2.10. The van der Waals surface area contributed by atoms with E-state index in [1.165, 1.54) is 6.07 Å². The number of nitriles is 1. The standard InChI is InChI=1S/C14H9BrClFN2/c15-11-6-9(7-18)4-5-13(11)19-8-10-2-1-3-12(17)14(10)16/h1-6,19H,8H2. The van der Waals surface area contributed by atoms with Crippen molar-refractivity contribution >= 4 is 33.2 Å². The molecule has 0 aliphatic carbocycles. The molecule has 19 heavy (non-hydrogen) atoms. The molecule has 0 amide bonds. The van der Waals surface area contributed by atoms with Crippen LogP contribution in [0.25, 0.3) is 0 Å². The molecule has 0 radical (unpaired) electrons. The Bertz CT molecular complexity index is 652. The summed E-state index contributed by atoms with van der Waals surface area (Å²) in [5.41, 5.74) is 2.07. The van der Waals surface area contributed by atoms with E-state index < -0.39 is 5.82 Å². The molecule has 0 bridgehead atoms. The third-order valence-corrected chi connectivity index (χ3v) is 3.68. The Hall–Kier alpha value is -1.57. The van der Waals surface area contributed by atoms with Gasteiger partial charge in [-0.3, -0.25) is 0 Å². The van der Waals surface area contributed by atoms with Crippen molar-refractivity contribution in [2.24, 2.45) is 0 Å². The van der Waals surface area contributed by atoms with Gasteiger partial charge in [0.2, 0.25) is 0 Å². The molecule has 0 aromatic heterocycles. The summed E-state index contributed by atoms with van der Waals surface area (Å²) in [4.78, 5) is 0. The van der Waals surface area contributed by atoms with Crippen molar-refractivity contribution in [3.8, 4) is 6.07 Å². The molecular weight excluding hydrogens is 331 g/mol. The Morgan fingerprint density at radius 1 is 1.32 bits per heavy atom. The van der Waals surface area contributed by atoms with Gasteiger partial charge in [-0.1, -0.05) is 23.7 Å². The number of nitrogens with zero attached hydrogens (tertiary/aromatic N) is 1. The molecule has 0 heterocycles. The first-order valence-corrected chi connectivity index (χ1v) is 6.65. The fourth-order valence-electron chi connectivity index (χ4n) is 1.60. The Morgan fingerprint density at radius 2 is 2.11 bits per heavy atom. The molecule has 0 saturated carbocycles. The highest BCUT2D eigenvalue weighted by atomic mass is 79.9. The van der Waals surface area contributed by atoms with Crippen molar-refractivity contribution in [3.63, 3.8) is 0 Å². The molecule has 0 spiro atoms. The molecule has 0 saturated heterocycles. The van der Waals surface area contributed by atoms with Crippen LogP contribution in [0.2, 0.25) is 5.02 Å². The van der Waals surface area contributed by atoms with Crippen LogP contribution in [0.4, 0.5) is 10.1 Å². The second kappa shape index (κ2) is 6.05. The zero-order valence-corrected chi connectivity index (χ0v) is 12.1. The first-order valence-electron chi connectivity index (χ1n) is 5.48. The molecular formula is C14H9BrClFN2. The first-order chi connectivity index (χ1) is 9.11. The monoisotopic (exact) mass is 338 g/mol. The van der Waals surface area contributed by atoms with Crippen molar-refractivity contribution in [2.75, 3.05) is 5.32 Å². The molecule has 0 fully saturated rings. The number of anilines is 1. The summed E-state index contributed by atoms with van der Waals surface area (Å²) in [6.07, 6.45) is 0. The Kier molecular flexibility index (Phi) is 4.41. The third kappa shape index (κ3) is 3.25. The lowest BCUT2D eigenvalue weighted by molar-refractivity contribution is 0.626. The van der Waals surface area contributed by atoms with Crippen LogP contribution in [0.1, 0.15) is 11.1 Å². The van der Waals surface area contributed by atoms with E-state index in [4.69, 9.17) is 16.9 Å². The number of benzene rings is 2. The summed E-state index contributed by atoms with van der Waals surface area (Å²) in [6, 6.07) is 12.0. The van der Waals surface area contributed by atoms with E-state index in [-0.39, 0.29) is 5.02 Å². The van der Waals surface area contributed by atoms with Crippen molar-refractivity contribution in [1.82, 2.24) is 0 Å². The average Bonchev–Trinajstić information content (AvgIpc) is 2.41. The van der Waals surface area contributed by atoms with Crippen LogP contribution in [-0.2, 0) is 6.54 Å². The predicted molar refractivity (Wildman–Crippen MR) is 77.6 cm³/mol. The molecule has 2 aromatic rings. The van der Waals surface area contributed by atoms with Crippen molar-refractivity contribution in [3.05, 3.63) is 62.8 Å². The van der Waals surface area contributed by atoms with E-state index in [2.05, 4.69) is 27.3 Å². The number of hydrogen-bond acceptors (Lipinski definition) is 2. The second-order valence-electron chi connectivity index (χ2n) is 3.87. The number of nitrogens with one attached hydrogen (secondary N) is 1. The van der Waals surface area contributed by atoms with Gasteiger partial charge >= 0.3 is 0 Å². The average molecular weight is 340 g/mol. The summed E-state index contributed by atoms with van der Waals surface area (Å²) >= 11 is 9.25. The number of halogens is 3. The van der Waals surface area contributed by atoms with Crippen molar-refractivity contribution in [1.29, 1.82) is 5.26 Å². The van der Waals surface area contributed by atoms with E-state index in [1.54, 1.807) is 30.3 Å². The smallest absolute Gasteiger partial charge is 0.142 e. The molecule has 2 aromatic carbocycles. The van der Waals surface area contributed by atoms with Crippen LogP contribution < -0.4 is 5.32 Å². The summed E-state index contributed by atoms with van der Waals surface area (Å²) < 4.78 is 14.1. The third-order valence-electron chi connectivity index (χ3n) is 2.60. The molecule has 0 atom stereocenters. The number of rotatable bonds is 3. The van der Waals surface area contributed by atoms with E-state index in [9.17, 15) is 4.39 Å². The van der Waals surface area contributed by atoms with Gasteiger partial charge < -0.3 is 5.32 Å². The minimum absolute atomic E-state index is 0.125. The van der Waals surface area contributed by atoms with E-state index in [0.29, 0.717) is 17.7 Å².